The van der Waals surface area contributed by atoms with Crippen LogP contribution in [0.5, 0.6) is 5.75 Å². The van der Waals surface area contributed by atoms with E-state index in [2.05, 4.69) is 4.72 Å². The molecule has 0 atom stereocenters. The molecule has 0 bridgehead atoms. The molecule has 5 nitrogen and oxygen atoms in total. The number of benzene rings is 2. The maximum absolute atomic E-state index is 12.5. The first-order valence-electron chi connectivity index (χ1n) is 6.27. The molecule has 2 aromatic carbocycles. The Labute approximate surface area is 130 Å². The van der Waals surface area contributed by atoms with Crippen LogP contribution in [0.15, 0.2) is 47.4 Å². The lowest BCUT2D eigenvalue weighted by Gasteiger charge is -2.13. The predicted octanol–water partition coefficient (Wildman–Crippen LogP) is 3.10. The maximum Gasteiger partial charge on any atom is 0.416 e. The van der Waals surface area contributed by atoms with Crippen molar-refractivity contribution in [3.8, 4) is 5.75 Å². The molecule has 0 radical (unpaired) electrons. The van der Waals surface area contributed by atoms with Crippen LogP contribution in [-0.4, -0.2) is 15.5 Å². The second-order valence-corrected chi connectivity index (χ2v) is 6.24. The molecule has 2 aromatic rings. The topological polar surface area (TPSA) is 81.4 Å². The van der Waals surface area contributed by atoms with Gasteiger partial charge in [-0.3, -0.25) is 4.72 Å². The highest BCUT2D eigenvalue weighted by atomic mass is 32.2. The molecule has 0 saturated heterocycles. The van der Waals surface area contributed by atoms with Gasteiger partial charge in [0.05, 0.1) is 12.7 Å². The summed E-state index contributed by atoms with van der Waals surface area (Å²) in [5, 5.41) is 0. The number of rotatable bonds is 4. The molecule has 0 amide bonds. The molecular weight excluding hydrogens is 333 g/mol. The molecule has 0 fully saturated rings. The minimum Gasteiger partial charge on any atom is -0.495 e. The van der Waals surface area contributed by atoms with Gasteiger partial charge in [-0.2, -0.15) is 13.2 Å². The summed E-state index contributed by atoms with van der Waals surface area (Å²) in [6.07, 6.45) is -4.49. The minimum absolute atomic E-state index is 0.0116. The Morgan fingerprint density at radius 3 is 2.22 bits per heavy atom. The zero-order valence-corrected chi connectivity index (χ0v) is 12.7. The van der Waals surface area contributed by atoms with E-state index in [9.17, 15) is 21.6 Å². The molecule has 2 rings (SSSR count). The van der Waals surface area contributed by atoms with Crippen molar-refractivity contribution in [1.29, 1.82) is 0 Å². The van der Waals surface area contributed by atoms with E-state index in [-0.39, 0.29) is 22.0 Å². The lowest BCUT2D eigenvalue weighted by molar-refractivity contribution is -0.137. The van der Waals surface area contributed by atoms with E-state index in [0.29, 0.717) is 0 Å². The maximum atomic E-state index is 12.5. The fourth-order valence-electron chi connectivity index (χ4n) is 1.84. The molecule has 0 spiro atoms. The van der Waals surface area contributed by atoms with E-state index < -0.39 is 21.8 Å². The number of ether oxygens (including phenoxy) is 1. The highest BCUT2D eigenvalue weighted by molar-refractivity contribution is 7.92. The molecule has 0 heterocycles. The van der Waals surface area contributed by atoms with Crippen molar-refractivity contribution in [2.24, 2.45) is 0 Å². The van der Waals surface area contributed by atoms with Gasteiger partial charge in [-0.25, -0.2) is 8.42 Å². The fourth-order valence-corrected chi connectivity index (χ4v) is 3.10. The average Bonchev–Trinajstić information content (AvgIpc) is 2.46. The van der Waals surface area contributed by atoms with Gasteiger partial charge in [-0.05, 0) is 42.5 Å². The summed E-state index contributed by atoms with van der Waals surface area (Å²) in [4.78, 5) is -0.208. The number of nitrogens with one attached hydrogen (secondary N) is 1. The van der Waals surface area contributed by atoms with Crippen molar-refractivity contribution in [1.82, 2.24) is 0 Å². The number of hydrogen-bond donors (Lipinski definition) is 2. The third-order valence-corrected chi connectivity index (χ3v) is 4.34. The highest BCUT2D eigenvalue weighted by Crippen LogP contribution is 2.31. The Hall–Kier alpha value is -2.42. The molecule has 9 heteroatoms. The number of alkyl halides is 3. The SMILES string of the molecule is COc1ccc(N)cc1S(=O)(=O)Nc1ccc(C(F)(F)F)cc1. The monoisotopic (exact) mass is 346 g/mol. The summed E-state index contributed by atoms with van der Waals surface area (Å²) >= 11 is 0. The Balaban J connectivity index is 2.34. The van der Waals surface area contributed by atoms with Crippen LogP contribution in [0.25, 0.3) is 0 Å². The number of hydrogen-bond acceptors (Lipinski definition) is 4. The van der Waals surface area contributed by atoms with Gasteiger partial charge < -0.3 is 10.5 Å². The average molecular weight is 346 g/mol. The van der Waals surface area contributed by atoms with E-state index in [1.807, 2.05) is 0 Å². The van der Waals surface area contributed by atoms with Gasteiger partial charge in [0, 0.05) is 11.4 Å². The highest BCUT2D eigenvalue weighted by Gasteiger charge is 2.30. The van der Waals surface area contributed by atoms with E-state index >= 15 is 0 Å². The van der Waals surface area contributed by atoms with Crippen LogP contribution in [-0.2, 0) is 16.2 Å². The first kappa shape index (κ1) is 16.9. The summed E-state index contributed by atoms with van der Waals surface area (Å²) in [5.41, 5.74) is 4.89. The number of sulfonamides is 1. The summed E-state index contributed by atoms with van der Waals surface area (Å²) < 4.78 is 69.3. The molecule has 124 valence electrons. The van der Waals surface area contributed by atoms with Crippen LogP contribution in [0.1, 0.15) is 5.56 Å². The quantitative estimate of drug-likeness (QED) is 0.834. The largest absolute Gasteiger partial charge is 0.495 e. The summed E-state index contributed by atoms with van der Waals surface area (Å²) in [6, 6.07) is 7.68. The van der Waals surface area contributed by atoms with Crippen molar-refractivity contribution < 1.29 is 26.3 Å². The molecular formula is C14H13F3N2O3S. The number of nitrogens with two attached hydrogens (primary N) is 1. The molecule has 0 aliphatic rings. The normalized spacial score (nSPS) is 12.0. The zero-order chi connectivity index (χ0) is 17.3. The van der Waals surface area contributed by atoms with Crippen LogP contribution < -0.4 is 15.2 Å². The van der Waals surface area contributed by atoms with Crippen molar-refractivity contribution in [2.45, 2.75) is 11.1 Å². The van der Waals surface area contributed by atoms with Crippen molar-refractivity contribution >= 4 is 21.4 Å². The molecule has 0 aliphatic heterocycles. The lowest BCUT2D eigenvalue weighted by atomic mass is 10.2. The standard InChI is InChI=1S/C14H13F3N2O3S/c1-22-12-7-4-10(18)8-13(12)23(20,21)19-11-5-2-9(3-6-11)14(15,16)17/h2-8,19H,18H2,1H3. The van der Waals surface area contributed by atoms with Gasteiger partial charge in [0.1, 0.15) is 10.6 Å². The van der Waals surface area contributed by atoms with Crippen LogP contribution in [0, 0.1) is 0 Å². The lowest BCUT2D eigenvalue weighted by Crippen LogP contribution is -2.14. The minimum atomic E-state index is -4.49. The molecule has 3 N–H and O–H groups in total. The van der Waals surface area contributed by atoms with Gasteiger partial charge in [0.15, 0.2) is 0 Å². The number of methoxy groups -OCH3 is 1. The molecule has 0 unspecified atom stereocenters. The van der Waals surface area contributed by atoms with Gasteiger partial charge in [0.25, 0.3) is 10.0 Å². The first-order valence-corrected chi connectivity index (χ1v) is 7.75. The van der Waals surface area contributed by atoms with Gasteiger partial charge in [0.2, 0.25) is 0 Å². The Bertz CT molecular complexity index is 803. The van der Waals surface area contributed by atoms with Crippen LogP contribution >= 0.6 is 0 Å². The molecule has 0 aromatic heterocycles. The Morgan fingerprint density at radius 2 is 1.70 bits per heavy atom. The number of nitrogen functional groups attached to an aromatic ring is 1. The van der Waals surface area contributed by atoms with Crippen molar-refractivity contribution in [2.75, 3.05) is 17.6 Å². The van der Waals surface area contributed by atoms with Gasteiger partial charge in [-0.1, -0.05) is 0 Å². The van der Waals surface area contributed by atoms with Crippen LogP contribution in [0.2, 0.25) is 0 Å². The third kappa shape index (κ3) is 3.86. The predicted molar refractivity (Wildman–Crippen MR) is 79.7 cm³/mol. The van der Waals surface area contributed by atoms with Gasteiger partial charge >= 0.3 is 6.18 Å². The third-order valence-electron chi connectivity index (χ3n) is 2.94. The van der Waals surface area contributed by atoms with Crippen LogP contribution in [0.3, 0.4) is 0 Å². The molecule has 23 heavy (non-hydrogen) atoms. The molecule has 0 aliphatic carbocycles. The Morgan fingerprint density at radius 1 is 1.09 bits per heavy atom. The zero-order valence-electron chi connectivity index (χ0n) is 11.9. The van der Waals surface area contributed by atoms with E-state index in [1.54, 1.807) is 0 Å². The number of halogens is 3. The second kappa shape index (κ2) is 5.99. The first-order chi connectivity index (χ1) is 10.6. The number of anilines is 2. The smallest absolute Gasteiger partial charge is 0.416 e. The molecule has 0 saturated carbocycles. The van der Waals surface area contributed by atoms with E-state index in [4.69, 9.17) is 10.5 Å². The fraction of sp³-hybridized carbons (Fsp3) is 0.143. The summed E-state index contributed by atoms with van der Waals surface area (Å²) in [7, 11) is -2.77. The van der Waals surface area contributed by atoms with E-state index in [1.165, 1.54) is 25.3 Å². The van der Waals surface area contributed by atoms with Crippen molar-refractivity contribution in [3.63, 3.8) is 0 Å². The van der Waals surface area contributed by atoms with Crippen LogP contribution in [0.4, 0.5) is 24.5 Å². The summed E-state index contributed by atoms with van der Waals surface area (Å²) in [6.45, 7) is 0. The van der Waals surface area contributed by atoms with E-state index in [0.717, 1.165) is 24.3 Å². The summed E-state index contributed by atoms with van der Waals surface area (Å²) in [5.74, 6) is 0.0682. The van der Waals surface area contributed by atoms with Crippen molar-refractivity contribution in [3.05, 3.63) is 48.0 Å². The van der Waals surface area contributed by atoms with Gasteiger partial charge in [-0.15, -0.1) is 0 Å². The Kier molecular flexibility index (Phi) is 4.42. The second-order valence-electron chi connectivity index (χ2n) is 4.59.